The van der Waals surface area contributed by atoms with Gasteiger partial charge in [-0.15, -0.1) is 0 Å². The van der Waals surface area contributed by atoms with Crippen molar-refractivity contribution in [1.29, 1.82) is 0 Å². The zero-order valence-electron chi connectivity index (χ0n) is 15.7. The highest BCUT2D eigenvalue weighted by molar-refractivity contribution is 6.74. The van der Waals surface area contributed by atoms with Gasteiger partial charge in [0.05, 0.1) is 39.6 Å². The average molecular weight is 349 g/mol. The van der Waals surface area contributed by atoms with Crippen molar-refractivity contribution in [2.45, 2.75) is 64.5 Å². The lowest BCUT2D eigenvalue weighted by Gasteiger charge is -2.36. The molecule has 0 bridgehead atoms. The van der Waals surface area contributed by atoms with E-state index in [0.29, 0.717) is 39.6 Å². The van der Waals surface area contributed by atoms with Gasteiger partial charge in [0, 0.05) is 6.61 Å². The van der Waals surface area contributed by atoms with Crippen LogP contribution in [-0.4, -0.2) is 60.9 Å². The molecule has 0 saturated carbocycles. The number of hydrogen-bond donors (Lipinski definition) is 0. The maximum absolute atomic E-state index is 6.05. The highest BCUT2D eigenvalue weighted by Gasteiger charge is 2.36. The first kappa shape index (κ1) is 21.1. The highest BCUT2D eigenvalue weighted by Crippen LogP contribution is 2.36. The SMILES string of the molecule is CC(C)(C)[Si](C)(C)OCCOCCOCCOC1CCCCO1. The lowest BCUT2D eigenvalue weighted by atomic mass is 10.2. The first-order valence-electron chi connectivity index (χ1n) is 8.85. The number of hydrogen-bond acceptors (Lipinski definition) is 5. The van der Waals surface area contributed by atoms with Crippen molar-refractivity contribution in [2.75, 3.05) is 46.2 Å². The Kier molecular flexibility index (Phi) is 9.88. The number of rotatable bonds is 11. The molecule has 1 unspecified atom stereocenters. The Morgan fingerprint density at radius 1 is 0.913 bits per heavy atom. The minimum absolute atomic E-state index is 0.0314. The summed E-state index contributed by atoms with van der Waals surface area (Å²) in [5.41, 5.74) is 0. The molecule has 1 heterocycles. The molecule has 5 nitrogen and oxygen atoms in total. The standard InChI is InChI=1S/C17H36O5Si/c1-17(2,3)23(4,5)22-15-13-19-11-10-18-12-14-21-16-8-6-7-9-20-16/h16H,6-15H2,1-5H3. The predicted molar refractivity (Wildman–Crippen MR) is 94.3 cm³/mol. The smallest absolute Gasteiger partial charge is 0.192 e. The average Bonchev–Trinajstić information content (AvgIpc) is 2.49. The molecule has 1 saturated heterocycles. The largest absolute Gasteiger partial charge is 0.414 e. The van der Waals surface area contributed by atoms with E-state index in [1.54, 1.807) is 0 Å². The van der Waals surface area contributed by atoms with Gasteiger partial charge < -0.3 is 23.4 Å². The molecule has 0 N–H and O–H groups in total. The molecule has 23 heavy (non-hydrogen) atoms. The topological polar surface area (TPSA) is 46.2 Å². The van der Waals surface area contributed by atoms with Gasteiger partial charge in [-0.1, -0.05) is 20.8 Å². The van der Waals surface area contributed by atoms with Gasteiger partial charge in [0.25, 0.3) is 0 Å². The summed E-state index contributed by atoms with van der Waals surface area (Å²) in [5.74, 6) is 0. The zero-order chi connectivity index (χ0) is 17.2. The summed E-state index contributed by atoms with van der Waals surface area (Å²) in [6.45, 7) is 15.7. The molecule has 1 fully saturated rings. The van der Waals surface area contributed by atoms with Gasteiger partial charge in [-0.2, -0.15) is 0 Å². The second-order valence-electron chi connectivity index (χ2n) is 7.50. The lowest BCUT2D eigenvalue weighted by Crippen LogP contribution is -2.41. The fourth-order valence-corrected chi connectivity index (χ4v) is 3.00. The molecule has 0 amide bonds. The fraction of sp³-hybridized carbons (Fsp3) is 1.00. The van der Waals surface area contributed by atoms with Crippen molar-refractivity contribution < 1.29 is 23.4 Å². The quantitative estimate of drug-likeness (QED) is 0.422. The van der Waals surface area contributed by atoms with Crippen LogP contribution in [0.4, 0.5) is 0 Å². The fourth-order valence-electron chi connectivity index (χ4n) is 1.98. The van der Waals surface area contributed by atoms with E-state index >= 15 is 0 Å². The Hall–Kier alpha value is 0.0169. The van der Waals surface area contributed by atoms with Gasteiger partial charge >= 0.3 is 0 Å². The highest BCUT2D eigenvalue weighted by atomic mass is 28.4. The van der Waals surface area contributed by atoms with Crippen molar-refractivity contribution in [1.82, 2.24) is 0 Å². The summed E-state index contributed by atoms with van der Waals surface area (Å²) in [4.78, 5) is 0. The van der Waals surface area contributed by atoms with Crippen molar-refractivity contribution in [3.63, 3.8) is 0 Å². The molecule has 1 atom stereocenters. The van der Waals surface area contributed by atoms with Gasteiger partial charge in [-0.25, -0.2) is 0 Å². The molecule has 0 radical (unpaired) electrons. The van der Waals surface area contributed by atoms with Crippen molar-refractivity contribution in [3.8, 4) is 0 Å². The second-order valence-corrected chi connectivity index (χ2v) is 12.3. The summed E-state index contributed by atoms with van der Waals surface area (Å²) in [5, 5.41) is 0.248. The first-order chi connectivity index (χ1) is 10.8. The van der Waals surface area contributed by atoms with Crippen molar-refractivity contribution in [3.05, 3.63) is 0 Å². The van der Waals surface area contributed by atoms with E-state index in [9.17, 15) is 0 Å². The van der Waals surface area contributed by atoms with Crippen LogP contribution in [0.15, 0.2) is 0 Å². The molecule has 1 aliphatic heterocycles. The second kappa shape index (κ2) is 10.8. The van der Waals surface area contributed by atoms with E-state index in [0.717, 1.165) is 19.4 Å². The normalized spacial score (nSPS) is 20.0. The maximum atomic E-state index is 6.05. The van der Waals surface area contributed by atoms with Crippen molar-refractivity contribution in [2.24, 2.45) is 0 Å². The molecule has 6 heteroatoms. The summed E-state index contributed by atoms with van der Waals surface area (Å²) in [7, 11) is -1.65. The van der Waals surface area contributed by atoms with Crippen molar-refractivity contribution >= 4 is 8.32 Å². The van der Waals surface area contributed by atoms with Gasteiger partial charge in [0.1, 0.15) is 0 Å². The lowest BCUT2D eigenvalue weighted by molar-refractivity contribution is -0.169. The van der Waals surface area contributed by atoms with Crippen LogP contribution < -0.4 is 0 Å². The molecule has 0 aromatic heterocycles. The molecule has 1 aliphatic rings. The maximum Gasteiger partial charge on any atom is 0.192 e. The van der Waals surface area contributed by atoms with E-state index in [4.69, 9.17) is 23.4 Å². The Balaban J connectivity index is 1.86. The third-order valence-corrected chi connectivity index (χ3v) is 9.08. The van der Waals surface area contributed by atoms with E-state index in [2.05, 4.69) is 33.9 Å². The molecule has 0 aromatic carbocycles. The summed E-state index contributed by atoms with van der Waals surface area (Å²) in [6.07, 6.45) is 3.30. The summed E-state index contributed by atoms with van der Waals surface area (Å²) >= 11 is 0. The van der Waals surface area contributed by atoms with Gasteiger partial charge in [0.2, 0.25) is 0 Å². The molecule has 0 aromatic rings. The predicted octanol–water partition coefficient (Wildman–Crippen LogP) is 3.58. The molecule has 0 spiro atoms. The van der Waals surface area contributed by atoms with Crippen LogP contribution in [0.25, 0.3) is 0 Å². The van der Waals surface area contributed by atoms with Crippen LogP contribution in [-0.2, 0) is 23.4 Å². The van der Waals surface area contributed by atoms with Gasteiger partial charge in [-0.05, 0) is 37.4 Å². The monoisotopic (exact) mass is 348 g/mol. The van der Waals surface area contributed by atoms with E-state index in [1.165, 1.54) is 6.42 Å². The number of ether oxygens (including phenoxy) is 4. The van der Waals surface area contributed by atoms with Crippen LogP contribution in [0.1, 0.15) is 40.0 Å². The van der Waals surface area contributed by atoms with Crippen LogP contribution in [0, 0.1) is 0 Å². The third-order valence-electron chi connectivity index (χ3n) is 4.54. The van der Waals surface area contributed by atoms with Crippen LogP contribution >= 0.6 is 0 Å². The van der Waals surface area contributed by atoms with Crippen LogP contribution in [0.3, 0.4) is 0 Å². The molecular weight excluding hydrogens is 312 g/mol. The summed E-state index contributed by atoms with van der Waals surface area (Å²) in [6, 6.07) is 0. The Labute approximate surface area is 143 Å². The minimum Gasteiger partial charge on any atom is -0.414 e. The Morgan fingerprint density at radius 3 is 2.09 bits per heavy atom. The Bertz CT molecular complexity index is 298. The van der Waals surface area contributed by atoms with Crippen LogP contribution in [0.5, 0.6) is 0 Å². The van der Waals surface area contributed by atoms with Crippen LogP contribution in [0.2, 0.25) is 18.1 Å². The van der Waals surface area contributed by atoms with Gasteiger partial charge in [-0.3, -0.25) is 0 Å². The summed E-state index contributed by atoms with van der Waals surface area (Å²) < 4.78 is 28.2. The molecule has 138 valence electrons. The van der Waals surface area contributed by atoms with E-state index in [1.807, 2.05) is 0 Å². The van der Waals surface area contributed by atoms with E-state index < -0.39 is 8.32 Å². The zero-order valence-corrected chi connectivity index (χ0v) is 16.7. The molecule has 0 aliphatic carbocycles. The Morgan fingerprint density at radius 2 is 1.52 bits per heavy atom. The third kappa shape index (κ3) is 9.17. The van der Waals surface area contributed by atoms with Gasteiger partial charge in [0.15, 0.2) is 14.6 Å². The first-order valence-corrected chi connectivity index (χ1v) is 11.8. The molecule has 1 rings (SSSR count). The minimum atomic E-state index is -1.65. The van der Waals surface area contributed by atoms with E-state index in [-0.39, 0.29) is 11.3 Å². The molecular formula is C17H36O5Si.